The fourth-order valence-corrected chi connectivity index (χ4v) is 2.78. The van der Waals surface area contributed by atoms with E-state index in [0.717, 1.165) is 38.2 Å². The van der Waals surface area contributed by atoms with Crippen molar-refractivity contribution in [2.24, 2.45) is 0 Å². The minimum atomic E-state index is 0.0957. The number of pyridine rings is 1. The monoisotopic (exact) mass is 276 g/mol. The highest BCUT2D eigenvalue weighted by atomic mass is 16.2. The SMILES string of the molecule is CCNc1ccncc1C(=O)N1CCCC1CN(C)C. The van der Waals surface area contributed by atoms with Crippen LogP contribution in [0.15, 0.2) is 18.5 Å². The second kappa shape index (κ2) is 6.70. The van der Waals surface area contributed by atoms with E-state index in [1.165, 1.54) is 0 Å². The van der Waals surface area contributed by atoms with Crippen LogP contribution in [0.1, 0.15) is 30.1 Å². The Morgan fingerprint density at radius 3 is 3.05 bits per heavy atom. The number of hydrogen-bond acceptors (Lipinski definition) is 4. The molecule has 1 N–H and O–H groups in total. The Labute approximate surface area is 121 Å². The zero-order chi connectivity index (χ0) is 14.5. The van der Waals surface area contributed by atoms with Gasteiger partial charge >= 0.3 is 0 Å². The van der Waals surface area contributed by atoms with E-state index in [4.69, 9.17) is 0 Å². The number of amides is 1. The Bertz CT molecular complexity index is 461. The van der Waals surface area contributed by atoms with Crippen molar-refractivity contribution in [1.82, 2.24) is 14.8 Å². The Morgan fingerprint density at radius 2 is 2.35 bits per heavy atom. The molecule has 0 aromatic carbocycles. The molecular formula is C15H24N4O. The number of hydrogen-bond donors (Lipinski definition) is 1. The number of rotatable bonds is 5. The van der Waals surface area contributed by atoms with Crippen LogP contribution in [0.3, 0.4) is 0 Å². The molecule has 1 amide bonds. The van der Waals surface area contributed by atoms with Gasteiger partial charge in [0.15, 0.2) is 0 Å². The largest absolute Gasteiger partial charge is 0.385 e. The summed E-state index contributed by atoms with van der Waals surface area (Å²) in [5.41, 5.74) is 1.56. The van der Waals surface area contributed by atoms with E-state index < -0.39 is 0 Å². The Hall–Kier alpha value is -1.62. The van der Waals surface area contributed by atoms with Crippen molar-refractivity contribution in [3.8, 4) is 0 Å². The summed E-state index contributed by atoms with van der Waals surface area (Å²) in [6, 6.07) is 2.18. The molecular weight excluding hydrogens is 252 g/mol. The number of nitrogens with one attached hydrogen (secondary N) is 1. The summed E-state index contributed by atoms with van der Waals surface area (Å²) >= 11 is 0. The molecule has 110 valence electrons. The Kier molecular flexibility index (Phi) is 4.95. The van der Waals surface area contributed by atoms with Gasteiger partial charge in [0.1, 0.15) is 0 Å². The lowest BCUT2D eigenvalue weighted by molar-refractivity contribution is 0.0717. The fraction of sp³-hybridized carbons (Fsp3) is 0.600. The average molecular weight is 276 g/mol. The highest BCUT2D eigenvalue weighted by Gasteiger charge is 2.30. The van der Waals surface area contributed by atoms with Crippen LogP contribution in [0.4, 0.5) is 5.69 Å². The normalized spacial score (nSPS) is 18.6. The van der Waals surface area contributed by atoms with Crippen LogP contribution in [0.2, 0.25) is 0 Å². The van der Waals surface area contributed by atoms with Crippen LogP contribution in [0.5, 0.6) is 0 Å². The number of anilines is 1. The van der Waals surface area contributed by atoms with Crippen molar-refractivity contribution in [2.75, 3.05) is 39.0 Å². The summed E-state index contributed by atoms with van der Waals surface area (Å²) in [5, 5.41) is 3.24. The predicted molar refractivity (Wildman–Crippen MR) is 81.0 cm³/mol. The van der Waals surface area contributed by atoms with E-state index >= 15 is 0 Å². The van der Waals surface area contributed by atoms with Gasteiger partial charge in [-0.1, -0.05) is 0 Å². The third kappa shape index (κ3) is 3.28. The van der Waals surface area contributed by atoms with Gasteiger partial charge in [-0.05, 0) is 39.9 Å². The number of carbonyl (C=O) groups is 1. The molecule has 1 fully saturated rings. The number of likely N-dealkylation sites (N-methyl/N-ethyl adjacent to an activating group) is 1. The van der Waals surface area contributed by atoms with Crippen molar-refractivity contribution in [3.05, 3.63) is 24.0 Å². The van der Waals surface area contributed by atoms with Crippen LogP contribution in [0, 0.1) is 0 Å². The smallest absolute Gasteiger partial charge is 0.257 e. The number of likely N-dealkylation sites (tertiary alicyclic amines) is 1. The van der Waals surface area contributed by atoms with Crippen LogP contribution < -0.4 is 5.32 Å². The Balaban J connectivity index is 2.18. The number of carbonyl (C=O) groups excluding carboxylic acids is 1. The van der Waals surface area contributed by atoms with Gasteiger partial charge in [0.25, 0.3) is 5.91 Å². The van der Waals surface area contributed by atoms with E-state index in [2.05, 4.69) is 29.3 Å². The third-order valence-corrected chi connectivity index (χ3v) is 3.63. The van der Waals surface area contributed by atoms with Crippen LogP contribution >= 0.6 is 0 Å². The summed E-state index contributed by atoms with van der Waals surface area (Å²) in [6.07, 6.45) is 5.56. The fourth-order valence-electron chi connectivity index (χ4n) is 2.78. The molecule has 2 rings (SSSR count). The van der Waals surface area contributed by atoms with E-state index in [9.17, 15) is 4.79 Å². The molecule has 5 heteroatoms. The first kappa shape index (κ1) is 14.8. The van der Waals surface area contributed by atoms with Crippen molar-refractivity contribution in [2.45, 2.75) is 25.8 Å². The summed E-state index contributed by atoms with van der Waals surface area (Å²) in [4.78, 5) is 21.0. The summed E-state index contributed by atoms with van der Waals surface area (Å²) in [5.74, 6) is 0.0957. The van der Waals surface area contributed by atoms with Gasteiger partial charge in [-0.2, -0.15) is 0 Å². The molecule has 1 saturated heterocycles. The topological polar surface area (TPSA) is 48.5 Å². The average Bonchev–Trinajstić information content (AvgIpc) is 2.86. The second-order valence-corrected chi connectivity index (χ2v) is 5.51. The van der Waals surface area contributed by atoms with Gasteiger partial charge < -0.3 is 15.1 Å². The van der Waals surface area contributed by atoms with Crippen molar-refractivity contribution in [1.29, 1.82) is 0 Å². The zero-order valence-electron chi connectivity index (χ0n) is 12.6. The van der Waals surface area contributed by atoms with Crippen molar-refractivity contribution < 1.29 is 4.79 Å². The van der Waals surface area contributed by atoms with Crippen LogP contribution in [-0.2, 0) is 0 Å². The molecule has 1 atom stereocenters. The van der Waals surface area contributed by atoms with Crippen LogP contribution in [-0.4, -0.2) is 60.5 Å². The maximum atomic E-state index is 12.8. The molecule has 1 aliphatic heterocycles. The van der Waals surface area contributed by atoms with Gasteiger partial charge in [0.05, 0.1) is 11.3 Å². The van der Waals surface area contributed by atoms with E-state index in [-0.39, 0.29) is 5.91 Å². The van der Waals surface area contributed by atoms with E-state index in [0.29, 0.717) is 11.6 Å². The molecule has 2 heterocycles. The van der Waals surface area contributed by atoms with Crippen LogP contribution in [0.25, 0.3) is 0 Å². The van der Waals surface area contributed by atoms with Gasteiger partial charge in [0.2, 0.25) is 0 Å². The molecule has 1 unspecified atom stereocenters. The summed E-state index contributed by atoms with van der Waals surface area (Å²) in [7, 11) is 4.10. The van der Waals surface area contributed by atoms with Crippen molar-refractivity contribution in [3.63, 3.8) is 0 Å². The minimum Gasteiger partial charge on any atom is -0.385 e. The molecule has 1 aromatic rings. The molecule has 0 radical (unpaired) electrons. The van der Waals surface area contributed by atoms with Gasteiger partial charge in [-0.25, -0.2) is 0 Å². The molecule has 5 nitrogen and oxygen atoms in total. The minimum absolute atomic E-state index is 0.0957. The highest BCUT2D eigenvalue weighted by Crippen LogP contribution is 2.23. The summed E-state index contributed by atoms with van der Waals surface area (Å²) in [6.45, 7) is 4.59. The highest BCUT2D eigenvalue weighted by molar-refractivity contribution is 5.99. The maximum absolute atomic E-state index is 12.8. The standard InChI is InChI=1S/C15H24N4O/c1-4-17-14-7-8-16-10-13(14)15(20)19-9-5-6-12(19)11-18(2)3/h7-8,10,12H,4-6,9,11H2,1-3H3,(H,16,17). The second-order valence-electron chi connectivity index (χ2n) is 5.51. The molecule has 20 heavy (non-hydrogen) atoms. The van der Waals surface area contributed by atoms with Gasteiger partial charge in [0, 0.05) is 38.1 Å². The molecule has 1 aromatic heterocycles. The quantitative estimate of drug-likeness (QED) is 0.889. The first-order valence-electron chi connectivity index (χ1n) is 7.27. The maximum Gasteiger partial charge on any atom is 0.257 e. The van der Waals surface area contributed by atoms with Crippen molar-refractivity contribution >= 4 is 11.6 Å². The lowest BCUT2D eigenvalue weighted by atomic mass is 10.1. The first-order chi connectivity index (χ1) is 9.63. The molecule has 1 aliphatic rings. The molecule has 0 spiro atoms. The van der Waals surface area contributed by atoms with Gasteiger partial charge in [-0.3, -0.25) is 9.78 Å². The molecule has 0 aliphatic carbocycles. The van der Waals surface area contributed by atoms with E-state index in [1.807, 2.05) is 17.9 Å². The van der Waals surface area contributed by atoms with Gasteiger partial charge in [-0.15, -0.1) is 0 Å². The molecule has 0 bridgehead atoms. The summed E-state index contributed by atoms with van der Waals surface area (Å²) < 4.78 is 0. The number of nitrogens with zero attached hydrogens (tertiary/aromatic N) is 3. The third-order valence-electron chi connectivity index (χ3n) is 3.63. The number of aromatic nitrogens is 1. The predicted octanol–water partition coefficient (Wildman–Crippen LogP) is 1.68. The van der Waals surface area contributed by atoms with E-state index in [1.54, 1.807) is 12.4 Å². The first-order valence-corrected chi connectivity index (χ1v) is 7.27. The lowest BCUT2D eigenvalue weighted by Crippen LogP contribution is -2.41. The Morgan fingerprint density at radius 1 is 1.55 bits per heavy atom. The lowest BCUT2D eigenvalue weighted by Gasteiger charge is -2.27. The molecule has 0 saturated carbocycles. The zero-order valence-corrected chi connectivity index (χ0v) is 12.6.